The number of rotatable bonds is 4. The van der Waals surface area contributed by atoms with Crippen LogP contribution in [0.5, 0.6) is 0 Å². The zero-order chi connectivity index (χ0) is 29.7. The summed E-state index contributed by atoms with van der Waals surface area (Å²) >= 11 is 0. The lowest BCUT2D eigenvalue weighted by Gasteiger charge is -2.19. The van der Waals surface area contributed by atoms with Gasteiger partial charge in [0.25, 0.3) is 0 Å². The van der Waals surface area contributed by atoms with E-state index in [0.29, 0.717) is 0 Å². The number of benzene rings is 8. The van der Waals surface area contributed by atoms with E-state index in [1.807, 2.05) is 0 Å². The van der Waals surface area contributed by atoms with E-state index in [9.17, 15) is 0 Å². The fourth-order valence-electron chi connectivity index (χ4n) is 7.29. The maximum atomic E-state index is 5.17. The monoisotopic (exact) mass is 571 g/mol. The molecule has 1 unspecified atom stereocenters. The molecule has 1 nitrogen and oxygen atoms in total. The Morgan fingerprint density at radius 3 is 1.58 bits per heavy atom. The summed E-state index contributed by atoms with van der Waals surface area (Å²) < 4.78 is 0. The van der Waals surface area contributed by atoms with E-state index in [2.05, 4.69) is 170 Å². The van der Waals surface area contributed by atoms with Crippen LogP contribution in [0.15, 0.2) is 175 Å². The summed E-state index contributed by atoms with van der Waals surface area (Å²) in [6.07, 6.45) is 0. The first-order chi connectivity index (χ1) is 22.3. The molecule has 1 aliphatic rings. The third-order valence-electron chi connectivity index (χ3n) is 9.33. The number of para-hydroxylation sites is 1. The predicted molar refractivity (Wildman–Crippen MR) is 191 cm³/mol. The van der Waals surface area contributed by atoms with E-state index in [1.165, 1.54) is 65.7 Å². The smallest absolute Gasteiger partial charge is 0.0675 e. The Labute approximate surface area is 262 Å². The van der Waals surface area contributed by atoms with Gasteiger partial charge in [0.05, 0.1) is 17.3 Å². The van der Waals surface area contributed by atoms with Crippen LogP contribution < -0.4 is 0 Å². The summed E-state index contributed by atoms with van der Waals surface area (Å²) in [5, 5.41) is 7.58. The summed E-state index contributed by atoms with van der Waals surface area (Å²) in [7, 11) is 0. The van der Waals surface area contributed by atoms with Gasteiger partial charge in [-0.15, -0.1) is 0 Å². The van der Waals surface area contributed by atoms with Crippen LogP contribution >= 0.6 is 0 Å². The molecule has 0 spiro atoms. The molecule has 1 atom stereocenters. The molecular formula is C44H29N. The Bertz CT molecular complexity index is 2360. The van der Waals surface area contributed by atoms with Gasteiger partial charge in [-0.1, -0.05) is 158 Å². The van der Waals surface area contributed by atoms with E-state index in [0.717, 1.165) is 17.0 Å². The predicted octanol–water partition coefficient (Wildman–Crippen LogP) is 11.7. The second-order valence-electron chi connectivity index (χ2n) is 11.9. The quantitative estimate of drug-likeness (QED) is 0.186. The fourth-order valence-corrected chi connectivity index (χ4v) is 7.29. The van der Waals surface area contributed by atoms with E-state index in [4.69, 9.17) is 4.99 Å². The van der Waals surface area contributed by atoms with Crippen molar-refractivity contribution >= 4 is 43.7 Å². The highest BCUT2D eigenvalue weighted by atomic mass is 14.8. The SMILES string of the molecule is c1ccc(C2C(c3ccc(-c4c5ccccc5c(-c5ccc6ccccc6c5)c5ccccc45)cc3)=Nc3ccccc32)cc1. The maximum absolute atomic E-state index is 5.17. The van der Waals surface area contributed by atoms with Crippen molar-refractivity contribution in [3.63, 3.8) is 0 Å². The van der Waals surface area contributed by atoms with Crippen molar-refractivity contribution < 1.29 is 0 Å². The van der Waals surface area contributed by atoms with Crippen LogP contribution in [0.3, 0.4) is 0 Å². The van der Waals surface area contributed by atoms with E-state index in [-0.39, 0.29) is 5.92 Å². The summed E-state index contributed by atoms with van der Waals surface area (Å²) in [5.74, 6) is 0.121. The molecule has 0 fully saturated rings. The molecule has 1 aliphatic heterocycles. The summed E-state index contributed by atoms with van der Waals surface area (Å²) in [6, 6.07) is 61.6. The van der Waals surface area contributed by atoms with Gasteiger partial charge < -0.3 is 0 Å². The minimum absolute atomic E-state index is 0.121. The lowest BCUT2D eigenvalue weighted by molar-refractivity contribution is 1.11. The summed E-state index contributed by atoms with van der Waals surface area (Å²) in [5.41, 5.74) is 10.9. The highest BCUT2D eigenvalue weighted by Crippen LogP contribution is 2.45. The first-order valence-corrected chi connectivity index (χ1v) is 15.6. The number of hydrogen-bond donors (Lipinski definition) is 0. The molecule has 0 amide bonds. The maximum Gasteiger partial charge on any atom is 0.0675 e. The molecule has 0 saturated heterocycles. The average molecular weight is 572 g/mol. The second kappa shape index (κ2) is 10.4. The molecule has 9 rings (SSSR count). The van der Waals surface area contributed by atoms with E-state index < -0.39 is 0 Å². The molecule has 0 aromatic heterocycles. The van der Waals surface area contributed by atoms with Gasteiger partial charge in [-0.2, -0.15) is 0 Å². The van der Waals surface area contributed by atoms with Crippen LogP contribution in [0, 0.1) is 0 Å². The second-order valence-corrected chi connectivity index (χ2v) is 11.9. The summed E-state index contributed by atoms with van der Waals surface area (Å²) in [6.45, 7) is 0. The van der Waals surface area contributed by atoms with Crippen molar-refractivity contribution in [3.8, 4) is 22.3 Å². The molecule has 0 bridgehead atoms. The van der Waals surface area contributed by atoms with Gasteiger partial charge in [-0.25, -0.2) is 0 Å². The molecule has 1 heteroatoms. The first-order valence-electron chi connectivity index (χ1n) is 15.6. The largest absolute Gasteiger partial charge is 0.252 e. The van der Waals surface area contributed by atoms with Gasteiger partial charge in [0, 0.05) is 0 Å². The third kappa shape index (κ3) is 4.20. The van der Waals surface area contributed by atoms with Gasteiger partial charge in [0.1, 0.15) is 0 Å². The zero-order valence-corrected chi connectivity index (χ0v) is 24.7. The van der Waals surface area contributed by atoms with Crippen LogP contribution in [0.2, 0.25) is 0 Å². The van der Waals surface area contributed by atoms with Crippen molar-refractivity contribution in [2.75, 3.05) is 0 Å². The molecule has 8 aromatic carbocycles. The van der Waals surface area contributed by atoms with Gasteiger partial charge in [-0.05, 0) is 83.4 Å². The van der Waals surface area contributed by atoms with Crippen molar-refractivity contribution in [2.45, 2.75) is 5.92 Å². The van der Waals surface area contributed by atoms with E-state index >= 15 is 0 Å². The van der Waals surface area contributed by atoms with Crippen molar-refractivity contribution in [3.05, 3.63) is 187 Å². The molecule has 0 radical (unpaired) electrons. The van der Waals surface area contributed by atoms with Gasteiger partial charge >= 0.3 is 0 Å². The highest BCUT2D eigenvalue weighted by Gasteiger charge is 2.29. The van der Waals surface area contributed by atoms with E-state index in [1.54, 1.807) is 0 Å². The Morgan fingerprint density at radius 2 is 0.889 bits per heavy atom. The van der Waals surface area contributed by atoms with Crippen molar-refractivity contribution in [1.29, 1.82) is 0 Å². The topological polar surface area (TPSA) is 12.4 Å². The normalized spacial score (nSPS) is 14.1. The van der Waals surface area contributed by atoms with Gasteiger partial charge in [-0.3, -0.25) is 4.99 Å². The number of aliphatic imine (C=N–C) groups is 1. The third-order valence-corrected chi connectivity index (χ3v) is 9.33. The van der Waals surface area contributed by atoms with Crippen molar-refractivity contribution in [2.24, 2.45) is 4.99 Å². The lowest BCUT2D eigenvalue weighted by atomic mass is 9.84. The Hall–Kier alpha value is -5.79. The molecule has 0 N–H and O–H groups in total. The highest BCUT2D eigenvalue weighted by molar-refractivity contribution is 6.22. The van der Waals surface area contributed by atoms with Crippen LogP contribution in [-0.4, -0.2) is 5.71 Å². The molecule has 0 aliphatic carbocycles. The van der Waals surface area contributed by atoms with Gasteiger partial charge in [0.2, 0.25) is 0 Å². The van der Waals surface area contributed by atoms with Crippen LogP contribution in [0.4, 0.5) is 5.69 Å². The van der Waals surface area contributed by atoms with Crippen LogP contribution in [0.1, 0.15) is 22.6 Å². The van der Waals surface area contributed by atoms with Crippen molar-refractivity contribution in [1.82, 2.24) is 0 Å². The number of fused-ring (bicyclic) bond motifs is 4. The zero-order valence-electron chi connectivity index (χ0n) is 24.7. The molecule has 8 aromatic rings. The standard InChI is InChI=1S/C44H29N/c1-2-13-30(14-3-1)43-39-20-10-11-21-40(39)45-44(43)32-25-23-31(24-26-32)41-35-16-6-8-18-37(35)42(38-19-9-7-17-36(38)41)34-27-22-29-12-4-5-15-33(29)28-34/h1-28,43H. The lowest BCUT2D eigenvalue weighted by Crippen LogP contribution is -2.11. The average Bonchev–Trinajstić information content (AvgIpc) is 3.50. The molecule has 0 saturated carbocycles. The Morgan fingerprint density at radius 1 is 0.378 bits per heavy atom. The first kappa shape index (κ1) is 25.7. The molecular weight excluding hydrogens is 542 g/mol. The molecule has 210 valence electrons. The van der Waals surface area contributed by atoms with Gasteiger partial charge in [0.15, 0.2) is 0 Å². The number of hydrogen-bond acceptors (Lipinski definition) is 1. The summed E-state index contributed by atoms with van der Waals surface area (Å²) in [4.78, 5) is 5.17. The fraction of sp³-hybridized carbons (Fsp3) is 0.0227. The minimum Gasteiger partial charge on any atom is -0.252 e. The van der Waals surface area contributed by atoms with Crippen LogP contribution in [-0.2, 0) is 0 Å². The number of nitrogens with zero attached hydrogens (tertiary/aromatic N) is 1. The molecule has 1 heterocycles. The minimum atomic E-state index is 0.121. The van der Waals surface area contributed by atoms with Crippen LogP contribution in [0.25, 0.3) is 54.6 Å². The molecule has 45 heavy (non-hydrogen) atoms. The Balaban J connectivity index is 1.21. The Kier molecular flexibility index (Phi) is 5.96.